The van der Waals surface area contributed by atoms with Gasteiger partial charge in [-0.05, 0) is 55.0 Å². The van der Waals surface area contributed by atoms with Crippen molar-refractivity contribution < 1.29 is 24.2 Å². The Hall–Kier alpha value is -4.14. The number of aliphatic hydroxyl groups excluding tert-OH is 1. The molecule has 0 fully saturated rings. The van der Waals surface area contributed by atoms with Crippen LogP contribution in [-0.4, -0.2) is 57.4 Å². The van der Waals surface area contributed by atoms with Crippen molar-refractivity contribution >= 4 is 34.1 Å². The molecule has 0 aliphatic rings. The first kappa shape index (κ1) is 32.8. The minimum Gasteiger partial charge on any atom is -0.367 e. The van der Waals surface area contributed by atoms with Gasteiger partial charge in [-0.25, -0.2) is 0 Å². The van der Waals surface area contributed by atoms with Gasteiger partial charge in [-0.1, -0.05) is 65.9 Å². The van der Waals surface area contributed by atoms with E-state index in [1.54, 1.807) is 13.0 Å². The van der Waals surface area contributed by atoms with Gasteiger partial charge in [0.2, 0.25) is 17.5 Å². The van der Waals surface area contributed by atoms with E-state index in [1.165, 1.54) is 18.4 Å². The van der Waals surface area contributed by atoms with Crippen LogP contribution in [0, 0.1) is 0 Å². The highest BCUT2D eigenvalue weighted by Crippen LogP contribution is 2.22. The van der Waals surface area contributed by atoms with Gasteiger partial charge in [0.15, 0.2) is 11.9 Å². The molecule has 2 heterocycles. The van der Waals surface area contributed by atoms with Gasteiger partial charge < -0.3 is 19.9 Å². The SMILES string of the molecule is CCOC(O)NCc1cccc(CC(=O)Nc2ccc(CCCCc3nnc(NC(=O)C(OC)c4ccccc4)s3)nn2)c1. The predicted molar refractivity (Wildman–Crippen MR) is 167 cm³/mol. The van der Waals surface area contributed by atoms with Crippen molar-refractivity contribution in [2.75, 3.05) is 24.4 Å². The van der Waals surface area contributed by atoms with Crippen LogP contribution in [0.15, 0.2) is 66.7 Å². The molecule has 0 saturated carbocycles. The molecule has 44 heavy (non-hydrogen) atoms. The molecular formula is C31H37N7O5S. The molecule has 12 nitrogen and oxygen atoms in total. The van der Waals surface area contributed by atoms with Crippen LogP contribution in [0.2, 0.25) is 0 Å². The number of amides is 2. The maximum Gasteiger partial charge on any atom is 0.259 e. The zero-order valence-electron chi connectivity index (χ0n) is 24.7. The zero-order valence-corrected chi connectivity index (χ0v) is 25.5. The van der Waals surface area contributed by atoms with Gasteiger partial charge in [0.05, 0.1) is 12.1 Å². The van der Waals surface area contributed by atoms with E-state index < -0.39 is 12.5 Å². The molecule has 0 bridgehead atoms. The highest BCUT2D eigenvalue weighted by molar-refractivity contribution is 7.15. The van der Waals surface area contributed by atoms with Crippen molar-refractivity contribution in [3.63, 3.8) is 0 Å². The summed E-state index contributed by atoms with van der Waals surface area (Å²) in [6.45, 7) is 2.62. The zero-order chi connectivity index (χ0) is 31.1. The standard InChI is InChI=1S/C31H37N7O5S/c1-3-43-31(41)32-20-22-11-9-10-21(18-22)19-26(39)33-25-17-16-24(35-36-25)14-7-8-15-27-37-38-30(44-27)34-29(40)28(42-2)23-12-5-4-6-13-23/h4-6,9-13,16-18,28,31-32,41H,3,7-8,14-15,19-20H2,1-2H3,(H,33,36,39)(H,34,38,40). The molecule has 0 aliphatic heterocycles. The van der Waals surface area contributed by atoms with Gasteiger partial charge in [-0.3, -0.25) is 20.2 Å². The summed E-state index contributed by atoms with van der Waals surface area (Å²) in [6, 6.07) is 20.4. The number of nitrogens with one attached hydrogen (secondary N) is 3. The Morgan fingerprint density at radius 1 is 0.909 bits per heavy atom. The number of aromatic nitrogens is 4. The number of methoxy groups -OCH3 is 1. The Kier molecular flexibility index (Phi) is 12.8. The van der Waals surface area contributed by atoms with Crippen molar-refractivity contribution in [1.82, 2.24) is 25.7 Å². The van der Waals surface area contributed by atoms with Gasteiger partial charge in [0.1, 0.15) is 5.01 Å². The number of hydrogen-bond donors (Lipinski definition) is 4. The van der Waals surface area contributed by atoms with Crippen molar-refractivity contribution in [3.8, 4) is 0 Å². The lowest BCUT2D eigenvalue weighted by Gasteiger charge is -2.14. The second-order valence-electron chi connectivity index (χ2n) is 9.87. The third-order valence-corrected chi connectivity index (χ3v) is 7.39. The topological polar surface area (TPSA) is 160 Å². The largest absolute Gasteiger partial charge is 0.367 e. The van der Waals surface area contributed by atoms with E-state index in [2.05, 4.69) is 36.3 Å². The molecule has 0 radical (unpaired) electrons. The Balaban J connectivity index is 1.16. The summed E-state index contributed by atoms with van der Waals surface area (Å²) in [6.07, 6.45) is 1.62. The number of anilines is 2. The Morgan fingerprint density at radius 3 is 2.45 bits per heavy atom. The number of ether oxygens (including phenoxy) is 2. The number of aliphatic hydroxyl groups is 1. The van der Waals surface area contributed by atoms with Gasteiger partial charge in [0.25, 0.3) is 5.91 Å². The molecule has 2 atom stereocenters. The summed E-state index contributed by atoms with van der Waals surface area (Å²) in [5.74, 6) is -0.100. The van der Waals surface area contributed by atoms with Gasteiger partial charge in [-0.2, -0.15) is 5.10 Å². The lowest BCUT2D eigenvalue weighted by molar-refractivity contribution is -0.126. The third-order valence-electron chi connectivity index (χ3n) is 6.50. The number of nitrogens with zero attached hydrogens (tertiary/aromatic N) is 4. The maximum absolute atomic E-state index is 12.7. The van der Waals surface area contributed by atoms with E-state index >= 15 is 0 Å². The van der Waals surface area contributed by atoms with E-state index in [0.29, 0.717) is 24.1 Å². The second-order valence-corrected chi connectivity index (χ2v) is 10.9. The van der Waals surface area contributed by atoms with Crippen LogP contribution < -0.4 is 16.0 Å². The van der Waals surface area contributed by atoms with Crippen molar-refractivity contribution in [2.24, 2.45) is 0 Å². The monoisotopic (exact) mass is 619 g/mol. The normalized spacial score (nSPS) is 12.4. The van der Waals surface area contributed by atoms with Crippen molar-refractivity contribution in [2.45, 2.75) is 58.1 Å². The highest BCUT2D eigenvalue weighted by Gasteiger charge is 2.21. The molecule has 4 N–H and O–H groups in total. The summed E-state index contributed by atoms with van der Waals surface area (Å²) in [7, 11) is 1.50. The number of carbonyl (C=O) groups excluding carboxylic acids is 2. The van der Waals surface area contributed by atoms with E-state index in [0.717, 1.165) is 53.1 Å². The molecule has 13 heteroatoms. The van der Waals surface area contributed by atoms with Crippen molar-refractivity contribution in [1.29, 1.82) is 0 Å². The number of unbranched alkanes of at least 4 members (excludes halogenated alkanes) is 1. The van der Waals surface area contributed by atoms with E-state index in [4.69, 9.17) is 9.47 Å². The van der Waals surface area contributed by atoms with Gasteiger partial charge in [-0.15, -0.1) is 15.3 Å². The summed E-state index contributed by atoms with van der Waals surface area (Å²) in [4.78, 5) is 25.2. The number of rotatable bonds is 17. The molecule has 4 aromatic rings. The lowest BCUT2D eigenvalue weighted by Crippen LogP contribution is -2.30. The molecule has 0 spiro atoms. The van der Waals surface area contributed by atoms with Crippen LogP contribution in [0.4, 0.5) is 10.9 Å². The minimum atomic E-state index is -1.03. The van der Waals surface area contributed by atoms with Crippen LogP contribution >= 0.6 is 11.3 Å². The average molecular weight is 620 g/mol. The molecule has 2 aromatic heterocycles. The van der Waals surface area contributed by atoms with Crippen LogP contribution in [0.25, 0.3) is 0 Å². The molecule has 2 aromatic carbocycles. The quantitative estimate of drug-likeness (QED) is 0.101. The van der Waals surface area contributed by atoms with E-state index in [1.807, 2.05) is 60.7 Å². The lowest BCUT2D eigenvalue weighted by atomic mass is 10.1. The summed E-state index contributed by atoms with van der Waals surface area (Å²) in [5, 5.41) is 36.1. The molecule has 2 unspecified atom stereocenters. The number of benzene rings is 2. The van der Waals surface area contributed by atoms with Gasteiger partial charge >= 0.3 is 0 Å². The Morgan fingerprint density at radius 2 is 1.70 bits per heavy atom. The molecule has 232 valence electrons. The molecule has 4 rings (SSSR count). The summed E-state index contributed by atoms with van der Waals surface area (Å²) in [5.41, 5.74) is 3.36. The first-order chi connectivity index (χ1) is 21.4. The number of aryl methyl sites for hydroxylation is 2. The van der Waals surface area contributed by atoms with Crippen LogP contribution in [0.3, 0.4) is 0 Å². The summed E-state index contributed by atoms with van der Waals surface area (Å²) >= 11 is 1.35. The third kappa shape index (κ3) is 10.5. The molecule has 0 saturated heterocycles. The smallest absolute Gasteiger partial charge is 0.259 e. The van der Waals surface area contributed by atoms with Gasteiger partial charge in [0, 0.05) is 26.7 Å². The number of carbonyl (C=O) groups is 2. The fourth-order valence-corrected chi connectivity index (χ4v) is 5.17. The minimum absolute atomic E-state index is 0.183. The van der Waals surface area contributed by atoms with Crippen LogP contribution in [0.1, 0.15) is 53.3 Å². The fraction of sp³-hybridized carbons (Fsp3) is 0.355. The fourth-order valence-electron chi connectivity index (χ4n) is 4.38. The molecule has 2 amide bonds. The van der Waals surface area contributed by atoms with Crippen LogP contribution in [0.5, 0.6) is 0 Å². The Bertz CT molecular complexity index is 1470. The molecule has 0 aliphatic carbocycles. The average Bonchev–Trinajstić information content (AvgIpc) is 3.47. The van der Waals surface area contributed by atoms with E-state index in [9.17, 15) is 14.7 Å². The van der Waals surface area contributed by atoms with Crippen LogP contribution in [-0.2, 0) is 44.9 Å². The van der Waals surface area contributed by atoms with Crippen molar-refractivity contribution in [3.05, 3.63) is 94.1 Å². The predicted octanol–water partition coefficient (Wildman–Crippen LogP) is 3.80. The van der Waals surface area contributed by atoms with E-state index in [-0.39, 0.29) is 18.2 Å². The highest BCUT2D eigenvalue weighted by atomic mass is 32.1. The number of hydrogen-bond acceptors (Lipinski definition) is 11. The molecular weight excluding hydrogens is 582 g/mol. The maximum atomic E-state index is 12.7. The Labute approximate surface area is 260 Å². The second kappa shape index (κ2) is 17.2. The first-order valence-electron chi connectivity index (χ1n) is 14.4. The summed E-state index contributed by atoms with van der Waals surface area (Å²) < 4.78 is 10.4. The first-order valence-corrected chi connectivity index (χ1v) is 15.2.